The summed E-state index contributed by atoms with van der Waals surface area (Å²) in [7, 11) is 0. The maximum Gasteiger partial charge on any atom is 2.00 e. The minimum Gasteiger partial charge on any atom is -0.280 e. The Labute approximate surface area is 919 Å². The van der Waals surface area contributed by atoms with E-state index >= 15 is 0 Å². The molecular formula is C130H112N12Pt4. The Morgan fingerprint density at radius 1 is 0.171 bits per heavy atom. The van der Waals surface area contributed by atoms with Gasteiger partial charge in [-0.3, -0.25) is 59.5 Å². The summed E-state index contributed by atoms with van der Waals surface area (Å²) in [5.41, 5.74) is 26.2. The molecular weight excluding hydrogens is 2510 g/mol. The molecule has 8 heterocycles. The van der Waals surface area contributed by atoms with Crippen molar-refractivity contribution < 1.29 is 84.3 Å². The van der Waals surface area contributed by atoms with Crippen molar-refractivity contribution in [2.75, 3.05) is 19.6 Å². The van der Waals surface area contributed by atoms with E-state index in [-0.39, 0.29) is 106 Å². The number of hydrogen-bond donors (Lipinski definition) is 0. The van der Waals surface area contributed by atoms with Gasteiger partial charge in [0, 0.05) is 17.1 Å². The summed E-state index contributed by atoms with van der Waals surface area (Å²) in [6, 6.07) is 169. The zero-order valence-electron chi connectivity index (χ0n) is 84.0. The van der Waals surface area contributed by atoms with Crippen molar-refractivity contribution in [1.82, 2.24) is 39.9 Å². The fourth-order valence-corrected chi connectivity index (χ4v) is 16.5. The number of nitrogens with zero attached hydrogens (tertiary/aromatic N) is 12. The second-order valence-corrected chi connectivity index (χ2v) is 38.7. The van der Waals surface area contributed by atoms with Crippen molar-refractivity contribution in [3.8, 4) is 90.1 Å². The van der Waals surface area contributed by atoms with E-state index in [4.69, 9.17) is 39.9 Å². The van der Waals surface area contributed by atoms with Crippen molar-refractivity contribution in [3.63, 3.8) is 0 Å². The summed E-state index contributed by atoms with van der Waals surface area (Å²) >= 11 is 0. The summed E-state index contributed by atoms with van der Waals surface area (Å²) < 4.78 is 0. The monoisotopic (exact) mass is 2620 g/mol. The molecule has 0 fully saturated rings. The van der Waals surface area contributed by atoms with Crippen molar-refractivity contribution >= 4 is 69.3 Å². The molecule has 0 aliphatic rings. The third-order valence-corrected chi connectivity index (χ3v) is 24.1. The van der Waals surface area contributed by atoms with Gasteiger partial charge < -0.3 is 0 Å². The number of para-hydroxylation sites is 3. The first-order chi connectivity index (χ1) is 68.8. The number of pyridine rings is 8. The molecule has 0 amide bonds. The van der Waals surface area contributed by atoms with Gasteiger partial charge in [-0.15, -0.1) is 286 Å². The van der Waals surface area contributed by atoms with Crippen LogP contribution in [0.15, 0.2) is 425 Å². The molecule has 0 saturated heterocycles. The Bertz CT molecular complexity index is 7210. The summed E-state index contributed by atoms with van der Waals surface area (Å²) in [6.07, 6.45) is 0. The Morgan fingerprint density at radius 2 is 0.377 bits per heavy atom. The van der Waals surface area contributed by atoms with E-state index in [1.165, 1.54) is 22.3 Å². The maximum atomic E-state index is 5.13. The van der Waals surface area contributed by atoms with Crippen LogP contribution in [0.1, 0.15) is 116 Å². The van der Waals surface area contributed by atoms with E-state index in [0.717, 1.165) is 170 Å². The van der Waals surface area contributed by atoms with Crippen LogP contribution in [0.5, 0.6) is 0 Å². The van der Waals surface area contributed by atoms with Gasteiger partial charge in [0.25, 0.3) is 0 Å². The third-order valence-electron chi connectivity index (χ3n) is 24.1. The van der Waals surface area contributed by atoms with E-state index in [9.17, 15) is 0 Å². The van der Waals surface area contributed by atoms with Crippen LogP contribution < -0.4 is 19.6 Å². The van der Waals surface area contributed by atoms with Gasteiger partial charge in [0.1, 0.15) is 46.5 Å². The SMILES string of the molecule is CC(C)(C)c1cc(N(c2cccc(-c3[c-]cccc3)n2)c2cccc(-c3[c-]cccc3)n2)cc(C(C)(C)C)c1.CC(C)(C)c1cc[c-]c(-c2cccc(N(c3ccccc3)c3cccc(-c4[c-]ccc(C(C)(C)C)c4)n3)n2)c1.Cc1cccc(C)c1N(c1cccc(-c2[c-]cccc2)n1)c1cccc(-c2[c-]cccc2)n1.[Pt+2].[Pt+2].[Pt+2].[Pt+2].[c-]1ccccc1-c1cccc(N(c2ccccc2)c2cccc(-c3[c-]cccc3)n2)n1. The van der Waals surface area contributed by atoms with Crippen LogP contribution in [0.4, 0.5) is 69.3 Å². The van der Waals surface area contributed by atoms with Gasteiger partial charge in [-0.05, 0) is 188 Å². The predicted octanol–water partition coefficient (Wildman–Crippen LogP) is 33.3. The van der Waals surface area contributed by atoms with Crippen molar-refractivity contribution in [2.24, 2.45) is 0 Å². The molecule has 0 unspecified atom stereocenters. The Kier molecular flexibility index (Phi) is 37.4. The molecule has 16 heteroatoms. The molecule has 146 heavy (non-hydrogen) atoms. The Balaban J connectivity index is 0.000000162. The summed E-state index contributed by atoms with van der Waals surface area (Å²) in [4.78, 5) is 48.9. The van der Waals surface area contributed by atoms with E-state index < -0.39 is 0 Å². The molecule has 0 bridgehead atoms. The quantitative estimate of drug-likeness (QED) is 0.0677. The van der Waals surface area contributed by atoms with E-state index in [1.54, 1.807) is 0 Å². The first-order valence-corrected chi connectivity index (χ1v) is 48.0. The minimum atomic E-state index is -0.0236. The maximum absolute atomic E-state index is 5.13. The molecule has 20 rings (SSSR count). The third kappa shape index (κ3) is 27.5. The fourth-order valence-electron chi connectivity index (χ4n) is 16.5. The second kappa shape index (κ2) is 50.1. The van der Waals surface area contributed by atoms with Gasteiger partial charge in [-0.2, -0.15) is 0 Å². The van der Waals surface area contributed by atoms with Crippen LogP contribution >= 0.6 is 0 Å². The standard InChI is InChI=1S/2C36H35N3.C30H23N3.C28H19N3.4Pt/c1-35(2,3)28-23-29(36(4,5)6)25-30(24-28)39(33-21-13-19-31(37-33)26-15-9-7-10-16-26)34-22-14-20-32(38-34)27-17-11-8-12-18-27;1-35(2,3)28-16-10-14-26(24-28)31-20-12-22-33(37-31)39(30-18-8-7-9-19-30)34-23-13-21-32(38-34)27-15-11-17-29(25-27)36(4,5)6;1-22-12-9-13-23(2)30(22)33(28-20-10-18-26(31-28)24-14-5-3-6-15-24)29-21-11-19-27(32-29)25-16-7-4-8-17-25;1-4-12-22(13-5-1)25-18-10-20-27(29-25)31(24-16-8-3-9-17-24)28-21-11-19-26(30-28)23-14-6-2-7-15-23;;;;/h7-15,17,19-25H,1-6H3;7-13,16-25H,1-6H3;3-14,16,18-21H,1-2H3;1-12,14,16-21H;;;;/q4*-2;4*+2. The summed E-state index contributed by atoms with van der Waals surface area (Å²) in [5, 5.41) is 0. The largest absolute Gasteiger partial charge is 2.00 e. The van der Waals surface area contributed by atoms with E-state index in [0.29, 0.717) is 0 Å². The normalized spacial score (nSPS) is 11.0. The van der Waals surface area contributed by atoms with Gasteiger partial charge in [0.05, 0.1) is 5.69 Å². The van der Waals surface area contributed by atoms with Gasteiger partial charge in [-0.1, -0.05) is 241 Å². The summed E-state index contributed by atoms with van der Waals surface area (Å²) in [5.74, 6) is 6.41. The molecule has 20 aromatic rings. The van der Waals surface area contributed by atoms with Crippen LogP contribution in [-0.4, -0.2) is 39.9 Å². The van der Waals surface area contributed by atoms with Gasteiger partial charge >= 0.3 is 84.3 Å². The first-order valence-electron chi connectivity index (χ1n) is 48.0. The fraction of sp³-hybridized carbons (Fsp3) is 0.138. The van der Waals surface area contributed by atoms with Crippen molar-refractivity contribution in [1.29, 1.82) is 0 Å². The van der Waals surface area contributed by atoms with Crippen molar-refractivity contribution in [3.05, 3.63) is 507 Å². The molecule has 8 aromatic heterocycles. The Hall–Kier alpha value is -14.2. The number of hydrogen-bond acceptors (Lipinski definition) is 12. The van der Waals surface area contributed by atoms with Crippen LogP contribution in [-0.2, 0) is 106 Å². The van der Waals surface area contributed by atoms with Gasteiger partial charge in [0.15, 0.2) is 0 Å². The van der Waals surface area contributed by atoms with Gasteiger partial charge in [0.2, 0.25) is 0 Å². The van der Waals surface area contributed by atoms with Crippen molar-refractivity contribution in [2.45, 2.75) is 119 Å². The van der Waals surface area contributed by atoms with Gasteiger partial charge in [-0.25, -0.2) is 0 Å². The zero-order valence-corrected chi connectivity index (χ0v) is 93.1. The molecule has 12 aromatic carbocycles. The predicted molar refractivity (Wildman–Crippen MR) is 585 cm³/mol. The molecule has 0 saturated carbocycles. The zero-order chi connectivity index (χ0) is 98.8. The second-order valence-electron chi connectivity index (χ2n) is 38.7. The smallest absolute Gasteiger partial charge is 0.280 e. The Morgan fingerprint density at radius 3 is 0.603 bits per heavy atom. The average Bonchev–Trinajstić information content (AvgIpc) is 0.769. The molecule has 0 N–H and O–H groups in total. The van der Waals surface area contributed by atoms with Crippen LogP contribution in [0.2, 0.25) is 0 Å². The molecule has 732 valence electrons. The molecule has 12 nitrogen and oxygen atoms in total. The molecule has 0 atom stereocenters. The topological polar surface area (TPSA) is 116 Å². The molecule has 0 radical (unpaired) electrons. The van der Waals surface area contributed by atoms with E-state index in [1.807, 2.05) is 303 Å². The number of aromatic nitrogens is 8. The van der Waals surface area contributed by atoms with Crippen LogP contribution in [0, 0.1) is 62.4 Å². The molecule has 0 spiro atoms. The van der Waals surface area contributed by atoms with Crippen LogP contribution in [0.3, 0.4) is 0 Å². The number of rotatable bonds is 20. The first kappa shape index (κ1) is 109. The number of aryl methyl sites for hydroxylation is 2. The number of anilines is 12. The van der Waals surface area contributed by atoms with Crippen LogP contribution in [0.25, 0.3) is 90.1 Å². The number of benzene rings is 12. The average molecular weight is 2620 g/mol. The molecule has 0 aliphatic carbocycles. The summed E-state index contributed by atoms with van der Waals surface area (Å²) in [6.45, 7) is 31.1. The van der Waals surface area contributed by atoms with E-state index in [2.05, 4.69) is 286 Å². The minimum absolute atomic E-state index is 0. The molecule has 0 aliphatic heterocycles.